The van der Waals surface area contributed by atoms with Crippen LogP contribution in [0.4, 0.5) is 0 Å². The molecule has 20 heavy (non-hydrogen) atoms. The first-order valence-corrected chi connectivity index (χ1v) is 8.06. The van der Waals surface area contributed by atoms with Crippen molar-refractivity contribution in [2.75, 3.05) is 19.6 Å². The van der Waals surface area contributed by atoms with Gasteiger partial charge in [-0.3, -0.25) is 9.58 Å². The molecule has 0 unspecified atom stereocenters. The van der Waals surface area contributed by atoms with E-state index in [4.69, 9.17) is 0 Å². The summed E-state index contributed by atoms with van der Waals surface area (Å²) in [5.41, 5.74) is 2.55. The predicted octanol–water partition coefficient (Wildman–Crippen LogP) is 2.19. The molecule has 1 aromatic heterocycles. The van der Waals surface area contributed by atoms with E-state index in [1.807, 2.05) is 4.68 Å². The second-order valence-electron chi connectivity index (χ2n) is 6.39. The highest BCUT2D eigenvalue weighted by atomic mass is 15.3. The molecule has 114 valence electrons. The maximum Gasteiger partial charge on any atom is 0.0625 e. The molecule has 0 amide bonds. The average Bonchev–Trinajstić information content (AvgIpc) is 2.78. The van der Waals surface area contributed by atoms with Gasteiger partial charge in [-0.2, -0.15) is 5.10 Å². The van der Waals surface area contributed by atoms with Crippen molar-refractivity contribution >= 4 is 0 Å². The lowest BCUT2D eigenvalue weighted by atomic mass is 9.96. The third-order valence-electron chi connectivity index (χ3n) is 4.30. The maximum absolute atomic E-state index is 4.54. The third-order valence-corrected chi connectivity index (χ3v) is 4.30. The molecule has 0 aliphatic carbocycles. The summed E-state index contributed by atoms with van der Waals surface area (Å²) in [6, 6.07) is 2.86. The van der Waals surface area contributed by atoms with Crippen LogP contribution in [0, 0.1) is 5.92 Å². The van der Waals surface area contributed by atoms with Crippen LogP contribution in [0.1, 0.15) is 45.0 Å². The number of nitrogens with one attached hydrogen (secondary N) is 1. The molecule has 2 heterocycles. The Morgan fingerprint density at radius 3 is 2.60 bits per heavy atom. The van der Waals surface area contributed by atoms with Crippen molar-refractivity contribution in [2.45, 2.75) is 52.6 Å². The van der Waals surface area contributed by atoms with Gasteiger partial charge in [0.15, 0.2) is 0 Å². The monoisotopic (exact) mass is 278 g/mol. The molecule has 0 saturated carbocycles. The molecular weight excluding hydrogens is 248 g/mol. The normalized spacial score (nSPS) is 18.1. The number of nitrogens with zero attached hydrogens (tertiary/aromatic N) is 3. The van der Waals surface area contributed by atoms with Crippen LogP contribution in [-0.2, 0) is 20.0 Å². The summed E-state index contributed by atoms with van der Waals surface area (Å²) in [5, 5.41) is 8.11. The highest BCUT2D eigenvalue weighted by Gasteiger charge is 2.20. The Labute approximate surface area is 123 Å². The zero-order valence-corrected chi connectivity index (χ0v) is 13.5. The molecule has 1 N–H and O–H groups in total. The fourth-order valence-electron chi connectivity index (χ4n) is 2.87. The summed E-state index contributed by atoms with van der Waals surface area (Å²) in [6.45, 7) is 11.3. The lowest BCUT2D eigenvalue weighted by molar-refractivity contribution is 0.170. The van der Waals surface area contributed by atoms with E-state index in [1.54, 1.807) is 0 Å². The molecule has 2 rings (SSSR count). The second kappa shape index (κ2) is 7.23. The van der Waals surface area contributed by atoms with Crippen molar-refractivity contribution in [2.24, 2.45) is 13.0 Å². The van der Waals surface area contributed by atoms with Gasteiger partial charge in [0.1, 0.15) is 0 Å². The molecule has 4 nitrogen and oxygen atoms in total. The Kier molecular flexibility index (Phi) is 5.61. The number of rotatable bonds is 6. The Morgan fingerprint density at radius 1 is 1.35 bits per heavy atom. The lowest BCUT2D eigenvalue weighted by Crippen LogP contribution is -2.38. The Morgan fingerprint density at radius 2 is 2.05 bits per heavy atom. The summed E-state index contributed by atoms with van der Waals surface area (Å²) in [6.07, 6.45) is 3.66. The van der Waals surface area contributed by atoms with Crippen molar-refractivity contribution in [1.29, 1.82) is 0 Å². The molecule has 1 saturated heterocycles. The van der Waals surface area contributed by atoms with E-state index < -0.39 is 0 Å². The van der Waals surface area contributed by atoms with E-state index in [0.717, 1.165) is 18.9 Å². The number of likely N-dealkylation sites (tertiary alicyclic amines) is 1. The number of hydrogen-bond donors (Lipinski definition) is 1. The first kappa shape index (κ1) is 15.5. The van der Waals surface area contributed by atoms with Crippen molar-refractivity contribution in [3.63, 3.8) is 0 Å². The molecule has 0 spiro atoms. The second-order valence-corrected chi connectivity index (χ2v) is 6.39. The number of piperidine rings is 1. The van der Waals surface area contributed by atoms with Crippen LogP contribution >= 0.6 is 0 Å². The van der Waals surface area contributed by atoms with Crippen molar-refractivity contribution in [3.05, 3.63) is 17.5 Å². The molecule has 0 atom stereocenters. The summed E-state index contributed by atoms with van der Waals surface area (Å²) < 4.78 is 2.05. The average molecular weight is 278 g/mol. The van der Waals surface area contributed by atoms with Gasteiger partial charge in [-0.05, 0) is 50.9 Å². The molecule has 0 radical (unpaired) electrons. The maximum atomic E-state index is 4.54. The zero-order chi connectivity index (χ0) is 14.5. The zero-order valence-electron chi connectivity index (χ0n) is 13.5. The molecule has 1 aromatic rings. The summed E-state index contributed by atoms with van der Waals surface area (Å²) in [7, 11) is 2.06. The highest BCUT2D eigenvalue weighted by molar-refractivity contribution is 5.10. The van der Waals surface area contributed by atoms with Crippen molar-refractivity contribution in [3.8, 4) is 0 Å². The fraction of sp³-hybridized carbons (Fsp3) is 0.812. The van der Waals surface area contributed by atoms with E-state index in [9.17, 15) is 0 Å². The first-order chi connectivity index (χ1) is 9.58. The number of aromatic nitrogens is 2. The van der Waals surface area contributed by atoms with E-state index in [2.05, 4.69) is 49.2 Å². The van der Waals surface area contributed by atoms with Gasteiger partial charge in [-0.15, -0.1) is 0 Å². The summed E-state index contributed by atoms with van der Waals surface area (Å²) in [4.78, 5) is 2.57. The van der Waals surface area contributed by atoms with Crippen LogP contribution < -0.4 is 5.32 Å². The van der Waals surface area contributed by atoms with Crippen LogP contribution in [0.25, 0.3) is 0 Å². The van der Waals surface area contributed by atoms with Crippen molar-refractivity contribution in [1.82, 2.24) is 20.0 Å². The smallest absolute Gasteiger partial charge is 0.0625 e. The van der Waals surface area contributed by atoms with Crippen LogP contribution in [0.5, 0.6) is 0 Å². The number of aryl methyl sites for hydroxylation is 2. The Balaban J connectivity index is 1.77. The minimum Gasteiger partial charge on any atom is -0.314 e. The van der Waals surface area contributed by atoms with Gasteiger partial charge in [0.2, 0.25) is 0 Å². The quantitative estimate of drug-likeness (QED) is 0.866. The first-order valence-electron chi connectivity index (χ1n) is 8.06. The topological polar surface area (TPSA) is 33.1 Å². The van der Waals surface area contributed by atoms with Gasteiger partial charge in [0.05, 0.1) is 11.4 Å². The molecule has 1 aliphatic rings. The predicted molar refractivity (Wildman–Crippen MR) is 83.7 cm³/mol. The third kappa shape index (κ3) is 4.32. The minimum atomic E-state index is 0.606. The Bertz CT molecular complexity index is 403. The van der Waals surface area contributed by atoms with Gasteiger partial charge in [-0.1, -0.05) is 20.8 Å². The minimum absolute atomic E-state index is 0.606. The van der Waals surface area contributed by atoms with Gasteiger partial charge in [0, 0.05) is 19.6 Å². The standard InChI is InChI=1S/C16H30N4/c1-5-15-10-16(19(4)18-15)12-20-8-6-14(7-9-20)11-17-13(2)3/h10,13-14,17H,5-9,11-12H2,1-4H3. The van der Waals surface area contributed by atoms with Gasteiger partial charge in [0.25, 0.3) is 0 Å². The largest absolute Gasteiger partial charge is 0.314 e. The van der Waals surface area contributed by atoms with E-state index in [-0.39, 0.29) is 0 Å². The van der Waals surface area contributed by atoms with E-state index >= 15 is 0 Å². The van der Waals surface area contributed by atoms with Crippen molar-refractivity contribution < 1.29 is 0 Å². The SMILES string of the molecule is CCc1cc(CN2CCC(CNC(C)C)CC2)n(C)n1. The van der Waals surface area contributed by atoms with E-state index in [0.29, 0.717) is 6.04 Å². The van der Waals surface area contributed by atoms with Crippen LogP contribution in [0.15, 0.2) is 6.07 Å². The van der Waals surface area contributed by atoms with Gasteiger partial charge in [-0.25, -0.2) is 0 Å². The molecule has 1 aliphatic heterocycles. The highest BCUT2D eigenvalue weighted by Crippen LogP contribution is 2.18. The molecule has 0 bridgehead atoms. The molecule has 1 fully saturated rings. The lowest BCUT2D eigenvalue weighted by Gasteiger charge is -2.32. The van der Waals surface area contributed by atoms with Gasteiger partial charge >= 0.3 is 0 Å². The molecule has 0 aromatic carbocycles. The van der Waals surface area contributed by atoms with Crippen LogP contribution in [-0.4, -0.2) is 40.4 Å². The fourth-order valence-corrected chi connectivity index (χ4v) is 2.87. The summed E-state index contributed by atoms with van der Waals surface area (Å²) >= 11 is 0. The molecular formula is C16H30N4. The Hall–Kier alpha value is -0.870. The van der Waals surface area contributed by atoms with E-state index in [1.165, 1.54) is 43.9 Å². The molecule has 4 heteroatoms. The van der Waals surface area contributed by atoms with Gasteiger partial charge < -0.3 is 5.32 Å². The summed E-state index contributed by atoms with van der Waals surface area (Å²) in [5.74, 6) is 0.853. The van der Waals surface area contributed by atoms with Crippen LogP contribution in [0.2, 0.25) is 0 Å². The number of hydrogen-bond acceptors (Lipinski definition) is 3. The van der Waals surface area contributed by atoms with Crippen LogP contribution in [0.3, 0.4) is 0 Å².